The maximum Gasteiger partial charge on any atom is 0.349 e. The second kappa shape index (κ2) is 5.59. The van der Waals surface area contributed by atoms with Gasteiger partial charge in [-0.25, -0.2) is 14.8 Å². The van der Waals surface area contributed by atoms with Crippen LogP contribution in [0.15, 0.2) is 24.5 Å². The molecule has 0 radical (unpaired) electrons. The molecule has 0 unspecified atom stereocenters. The summed E-state index contributed by atoms with van der Waals surface area (Å²) in [7, 11) is 1.56. The fraction of sp³-hybridized carbons (Fsp3) is 0.250. The molecular formula is C12H12N2O3S. The number of carbonyl (C=O) groups excluding carboxylic acids is 1. The van der Waals surface area contributed by atoms with Crippen molar-refractivity contribution in [3.8, 4) is 16.5 Å². The van der Waals surface area contributed by atoms with Crippen LogP contribution in [0.3, 0.4) is 0 Å². The van der Waals surface area contributed by atoms with Gasteiger partial charge < -0.3 is 9.47 Å². The number of methoxy groups -OCH3 is 1. The number of aromatic nitrogens is 2. The smallest absolute Gasteiger partial charge is 0.349 e. The molecule has 0 saturated carbocycles. The van der Waals surface area contributed by atoms with Gasteiger partial charge >= 0.3 is 5.97 Å². The van der Waals surface area contributed by atoms with Gasteiger partial charge in [0.05, 0.1) is 19.9 Å². The number of thiazole rings is 1. The molecule has 18 heavy (non-hydrogen) atoms. The zero-order chi connectivity index (χ0) is 13.0. The molecule has 0 N–H and O–H groups in total. The van der Waals surface area contributed by atoms with Gasteiger partial charge in [0.1, 0.15) is 9.88 Å². The third kappa shape index (κ3) is 2.65. The van der Waals surface area contributed by atoms with E-state index in [0.717, 1.165) is 10.6 Å². The van der Waals surface area contributed by atoms with Crippen LogP contribution in [0.2, 0.25) is 0 Å². The van der Waals surface area contributed by atoms with Crippen LogP contribution in [0.4, 0.5) is 0 Å². The molecule has 0 saturated heterocycles. The Labute approximate surface area is 108 Å². The minimum Gasteiger partial charge on any atom is -0.481 e. The first-order valence-corrected chi connectivity index (χ1v) is 6.19. The maximum atomic E-state index is 11.5. The SMILES string of the molecule is CCOC(=O)c1cnc(-c2ccc(OC)nc2)s1. The normalized spacial score (nSPS) is 10.1. The Morgan fingerprint density at radius 1 is 1.33 bits per heavy atom. The molecule has 0 fully saturated rings. The van der Waals surface area contributed by atoms with Gasteiger partial charge in [-0.2, -0.15) is 0 Å². The summed E-state index contributed by atoms with van der Waals surface area (Å²) >= 11 is 1.28. The number of hydrogen-bond acceptors (Lipinski definition) is 6. The highest BCUT2D eigenvalue weighted by Crippen LogP contribution is 2.25. The lowest BCUT2D eigenvalue weighted by Crippen LogP contribution is -2.01. The summed E-state index contributed by atoms with van der Waals surface area (Å²) in [6.07, 6.45) is 3.18. The largest absolute Gasteiger partial charge is 0.481 e. The van der Waals surface area contributed by atoms with Crippen molar-refractivity contribution in [2.45, 2.75) is 6.92 Å². The lowest BCUT2D eigenvalue weighted by atomic mass is 10.3. The van der Waals surface area contributed by atoms with Gasteiger partial charge in [-0.05, 0) is 13.0 Å². The summed E-state index contributed by atoms with van der Waals surface area (Å²) in [5, 5.41) is 0.730. The molecule has 0 bridgehead atoms. The molecule has 2 aromatic heterocycles. The summed E-state index contributed by atoms with van der Waals surface area (Å²) in [6, 6.07) is 3.60. The third-order valence-corrected chi connectivity index (χ3v) is 3.20. The van der Waals surface area contributed by atoms with Crippen LogP contribution in [-0.2, 0) is 4.74 Å². The highest BCUT2D eigenvalue weighted by atomic mass is 32.1. The van der Waals surface area contributed by atoms with Gasteiger partial charge in [-0.3, -0.25) is 0 Å². The average molecular weight is 264 g/mol. The monoisotopic (exact) mass is 264 g/mol. The van der Waals surface area contributed by atoms with E-state index in [1.807, 2.05) is 6.07 Å². The van der Waals surface area contributed by atoms with E-state index in [-0.39, 0.29) is 5.97 Å². The molecule has 0 atom stereocenters. The number of pyridine rings is 1. The van der Waals surface area contributed by atoms with Crippen LogP contribution in [0.5, 0.6) is 5.88 Å². The molecule has 5 nitrogen and oxygen atoms in total. The molecule has 94 valence electrons. The van der Waals surface area contributed by atoms with Crippen LogP contribution < -0.4 is 4.74 Å². The van der Waals surface area contributed by atoms with Crippen molar-refractivity contribution in [1.82, 2.24) is 9.97 Å². The van der Waals surface area contributed by atoms with Gasteiger partial charge in [-0.15, -0.1) is 11.3 Å². The Hall–Kier alpha value is -1.95. The minimum atomic E-state index is -0.345. The van der Waals surface area contributed by atoms with Gasteiger partial charge in [0.15, 0.2) is 0 Å². The second-order valence-corrected chi connectivity index (χ2v) is 4.37. The van der Waals surface area contributed by atoms with Crippen molar-refractivity contribution in [2.24, 2.45) is 0 Å². The lowest BCUT2D eigenvalue weighted by Gasteiger charge is -1.99. The van der Waals surface area contributed by atoms with Crippen LogP contribution in [0.25, 0.3) is 10.6 Å². The van der Waals surface area contributed by atoms with Crippen molar-refractivity contribution in [2.75, 3.05) is 13.7 Å². The summed E-state index contributed by atoms with van der Waals surface area (Å²) in [4.78, 5) is 20.3. The zero-order valence-electron chi connectivity index (χ0n) is 10.0. The van der Waals surface area contributed by atoms with Gasteiger partial charge in [-0.1, -0.05) is 0 Å². The minimum absolute atomic E-state index is 0.345. The van der Waals surface area contributed by atoms with Crippen molar-refractivity contribution >= 4 is 17.3 Å². The number of nitrogens with zero attached hydrogens (tertiary/aromatic N) is 2. The molecule has 0 aromatic carbocycles. The van der Waals surface area contributed by atoms with E-state index < -0.39 is 0 Å². The third-order valence-electron chi connectivity index (χ3n) is 2.17. The second-order valence-electron chi connectivity index (χ2n) is 3.34. The van der Waals surface area contributed by atoms with E-state index in [4.69, 9.17) is 9.47 Å². The highest BCUT2D eigenvalue weighted by Gasteiger charge is 2.12. The van der Waals surface area contributed by atoms with E-state index in [9.17, 15) is 4.79 Å². The molecule has 0 spiro atoms. The Kier molecular flexibility index (Phi) is 3.88. The van der Waals surface area contributed by atoms with Crippen LogP contribution in [0, 0.1) is 0 Å². The quantitative estimate of drug-likeness (QED) is 0.793. The molecule has 0 amide bonds. The van der Waals surface area contributed by atoms with Gasteiger partial charge in [0.2, 0.25) is 5.88 Å². The molecule has 6 heteroatoms. The predicted molar refractivity (Wildman–Crippen MR) is 67.9 cm³/mol. The standard InChI is InChI=1S/C12H12N2O3S/c1-3-17-12(15)9-7-14-11(18-9)8-4-5-10(16-2)13-6-8/h4-7H,3H2,1-2H3. The van der Waals surface area contributed by atoms with Crippen LogP contribution in [0.1, 0.15) is 16.6 Å². The van der Waals surface area contributed by atoms with Crippen molar-refractivity contribution < 1.29 is 14.3 Å². The fourth-order valence-electron chi connectivity index (χ4n) is 1.33. The molecule has 0 aliphatic rings. The summed E-state index contributed by atoms with van der Waals surface area (Å²) in [6.45, 7) is 2.13. The summed E-state index contributed by atoms with van der Waals surface area (Å²) in [5.41, 5.74) is 0.844. The van der Waals surface area contributed by atoms with Crippen LogP contribution in [-0.4, -0.2) is 29.7 Å². The number of carbonyl (C=O) groups is 1. The zero-order valence-corrected chi connectivity index (χ0v) is 10.9. The summed E-state index contributed by atoms with van der Waals surface area (Å²) in [5.74, 6) is 0.198. The number of rotatable bonds is 4. The Morgan fingerprint density at radius 3 is 2.78 bits per heavy atom. The topological polar surface area (TPSA) is 61.3 Å². The number of esters is 1. The first-order chi connectivity index (χ1) is 8.74. The molecule has 2 heterocycles. The highest BCUT2D eigenvalue weighted by molar-refractivity contribution is 7.16. The van der Waals surface area contributed by atoms with Gasteiger partial charge in [0, 0.05) is 17.8 Å². The fourth-order valence-corrected chi connectivity index (χ4v) is 2.13. The van der Waals surface area contributed by atoms with Crippen molar-refractivity contribution in [3.63, 3.8) is 0 Å². The van der Waals surface area contributed by atoms with Crippen molar-refractivity contribution in [3.05, 3.63) is 29.4 Å². The Bertz CT molecular complexity index is 537. The molecule has 0 aliphatic heterocycles. The first-order valence-electron chi connectivity index (χ1n) is 5.38. The molecule has 2 rings (SSSR count). The van der Waals surface area contributed by atoms with E-state index in [1.165, 1.54) is 17.5 Å². The maximum absolute atomic E-state index is 11.5. The summed E-state index contributed by atoms with van der Waals surface area (Å²) < 4.78 is 9.89. The average Bonchev–Trinajstić information content (AvgIpc) is 2.89. The number of ether oxygens (including phenoxy) is 2. The molecule has 0 aliphatic carbocycles. The number of hydrogen-bond donors (Lipinski definition) is 0. The van der Waals surface area contributed by atoms with E-state index in [2.05, 4.69) is 9.97 Å². The molecule has 2 aromatic rings. The van der Waals surface area contributed by atoms with E-state index in [1.54, 1.807) is 26.3 Å². The van der Waals surface area contributed by atoms with Crippen molar-refractivity contribution in [1.29, 1.82) is 0 Å². The lowest BCUT2D eigenvalue weighted by molar-refractivity contribution is 0.0532. The molecular weight excluding hydrogens is 252 g/mol. The Balaban J connectivity index is 2.20. The predicted octanol–water partition coefficient (Wildman–Crippen LogP) is 2.39. The Morgan fingerprint density at radius 2 is 2.17 bits per heavy atom. The van der Waals surface area contributed by atoms with Gasteiger partial charge in [0.25, 0.3) is 0 Å². The van der Waals surface area contributed by atoms with Crippen LogP contribution >= 0.6 is 11.3 Å². The van der Waals surface area contributed by atoms with E-state index >= 15 is 0 Å². The first kappa shape index (κ1) is 12.5. The van der Waals surface area contributed by atoms with E-state index in [0.29, 0.717) is 17.4 Å².